The highest BCUT2D eigenvalue weighted by atomic mass is 35.9. The molecule has 0 saturated carbocycles. The van der Waals surface area contributed by atoms with Gasteiger partial charge in [-0.05, 0) is 24.6 Å². The predicted molar refractivity (Wildman–Crippen MR) is 56.5 cm³/mol. The van der Waals surface area contributed by atoms with Crippen LogP contribution < -0.4 is 0 Å². The molecule has 0 spiro atoms. The van der Waals surface area contributed by atoms with E-state index in [-0.39, 0.29) is 0 Å². The fourth-order valence-corrected chi connectivity index (χ4v) is 1.58. The first-order chi connectivity index (χ1) is 5.13. The summed E-state index contributed by atoms with van der Waals surface area (Å²) in [7, 11) is 0. The average molecular weight is 213 g/mol. The Hall–Kier alpha value is 0.750. The van der Waals surface area contributed by atoms with Gasteiger partial charge in [-0.1, -0.05) is 48.8 Å². The van der Waals surface area contributed by atoms with Crippen molar-refractivity contribution in [1.29, 1.82) is 0 Å². The maximum Gasteiger partial charge on any atom is 0.109 e. The molecule has 0 aliphatic heterocycles. The Morgan fingerprint density at radius 2 is 2.00 bits per heavy atom. The minimum atomic E-state index is -0.869. The van der Waals surface area contributed by atoms with Crippen molar-refractivity contribution in [3.63, 3.8) is 0 Å². The molecule has 0 aromatic carbocycles. The molecule has 0 aromatic rings. The third-order valence-corrected chi connectivity index (χ3v) is 2.48. The van der Waals surface area contributed by atoms with Crippen LogP contribution in [0.15, 0.2) is 11.9 Å². The molecule has 0 aliphatic rings. The zero-order valence-corrected chi connectivity index (χ0v) is 9.46. The van der Waals surface area contributed by atoms with Crippen molar-refractivity contribution in [1.82, 2.24) is 0 Å². The van der Waals surface area contributed by atoms with Gasteiger partial charge in [-0.25, -0.2) is 0 Å². The lowest BCUT2D eigenvalue weighted by Crippen LogP contribution is -1.84. The topological polar surface area (TPSA) is 0 Å². The molecule has 0 aliphatic carbocycles. The molecular weight excluding hydrogens is 198 g/mol. The summed E-state index contributed by atoms with van der Waals surface area (Å²) >= 11 is 11.1. The molecule has 0 atom stereocenters. The van der Waals surface area contributed by atoms with Crippen molar-refractivity contribution in [2.24, 2.45) is 5.92 Å². The smallest absolute Gasteiger partial charge is 0.0818 e. The highest BCUT2D eigenvalue weighted by Crippen LogP contribution is 2.48. The summed E-state index contributed by atoms with van der Waals surface area (Å²) < 4.78 is 0. The van der Waals surface area contributed by atoms with Gasteiger partial charge in [0.2, 0.25) is 0 Å². The van der Waals surface area contributed by atoms with Crippen molar-refractivity contribution in [2.45, 2.75) is 33.1 Å². The number of unbranched alkanes of at least 4 members (excludes halogenated alkanes) is 1. The van der Waals surface area contributed by atoms with E-state index in [2.05, 4.69) is 19.9 Å². The summed E-state index contributed by atoms with van der Waals surface area (Å²) in [4.78, 5) is 0. The van der Waals surface area contributed by atoms with E-state index in [9.17, 15) is 0 Å². The highest BCUT2D eigenvalue weighted by Gasteiger charge is 1.92. The van der Waals surface area contributed by atoms with E-state index >= 15 is 0 Å². The van der Waals surface area contributed by atoms with Gasteiger partial charge in [-0.3, -0.25) is 0 Å². The van der Waals surface area contributed by atoms with E-state index in [1.54, 1.807) is 0 Å². The van der Waals surface area contributed by atoms with Gasteiger partial charge >= 0.3 is 0 Å². The molecule has 0 nitrogen and oxygen atoms in total. The van der Waals surface area contributed by atoms with E-state index in [1.807, 2.05) is 5.82 Å². The summed E-state index contributed by atoms with van der Waals surface area (Å²) in [6.45, 7) is 3.60. The number of hydrogen-bond donors (Lipinski definition) is 0. The molecule has 0 bridgehead atoms. The standard InChI is InChI=1S/C8H15Cl2P/c1-8(2)6-4-3-5-7-11(9)10/h5,7-8H,3-4,6H2,1-2H3. The maximum absolute atomic E-state index is 5.56. The zero-order chi connectivity index (χ0) is 8.69. The summed E-state index contributed by atoms with van der Waals surface area (Å²) in [5, 5.41) is 0. The lowest BCUT2D eigenvalue weighted by Gasteiger charge is -2.00. The number of allylic oxidation sites excluding steroid dienone is 1. The van der Waals surface area contributed by atoms with Gasteiger partial charge in [0.25, 0.3) is 0 Å². The number of halogens is 2. The molecule has 0 radical (unpaired) electrons. The van der Waals surface area contributed by atoms with Crippen molar-refractivity contribution in [3.8, 4) is 0 Å². The van der Waals surface area contributed by atoms with Crippen LogP contribution in [0.2, 0.25) is 0 Å². The molecule has 0 saturated heterocycles. The summed E-state index contributed by atoms with van der Waals surface area (Å²) in [6.07, 6.45) is 5.71. The van der Waals surface area contributed by atoms with Crippen molar-refractivity contribution < 1.29 is 0 Å². The van der Waals surface area contributed by atoms with Crippen molar-refractivity contribution in [2.75, 3.05) is 0 Å². The molecule has 3 heteroatoms. The third kappa shape index (κ3) is 10.8. The van der Waals surface area contributed by atoms with Crippen LogP contribution in [0.5, 0.6) is 0 Å². The van der Waals surface area contributed by atoms with E-state index in [4.69, 9.17) is 22.5 Å². The van der Waals surface area contributed by atoms with Gasteiger partial charge in [0, 0.05) is 0 Å². The van der Waals surface area contributed by atoms with E-state index < -0.39 is 6.63 Å². The minimum Gasteiger partial charge on any atom is -0.0818 e. The summed E-state index contributed by atoms with van der Waals surface area (Å²) in [5.74, 6) is 2.69. The molecule has 0 aromatic heterocycles. The molecule has 0 fully saturated rings. The minimum absolute atomic E-state index is 0.803. The second-order valence-corrected chi connectivity index (χ2v) is 6.49. The molecule has 0 rings (SSSR count). The Morgan fingerprint density at radius 1 is 1.36 bits per heavy atom. The molecule has 11 heavy (non-hydrogen) atoms. The third-order valence-electron chi connectivity index (χ3n) is 1.37. The molecule has 0 heterocycles. The van der Waals surface area contributed by atoms with Crippen LogP contribution in [0.3, 0.4) is 0 Å². The largest absolute Gasteiger partial charge is 0.109 e. The van der Waals surface area contributed by atoms with Crippen LogP contribution in [-0.4, -0.2) is 0 Å². The summed E-state index contributed by atoms with van der Waals surface area (Å²) in [6, 6.07) is 0. The van der Waals surface area contributed by atoms with Crippen LogP contribution in [0, 0.1) is 5.92 Å². The Balaban J connectivity index is 3.14. The first kappa shape index (κ1) is 11.8. The maximum atomic E-state index is 5.56. The average Bonchev–Trinajstić information content (AvgIpc) is 1.85. The summed E-state index contributed by atoms with van der Waals surface area (Å²) in [5.41, 5.74) is 0. The van der Waals surface area contributed by atoms with Gasteiger partial charge in [-0.15, -0.1) is 0 Å². The van der Waals surface area contributed by atoms with Gasteiger partial charge < -0.3 is 0 Å². The normalized spacial score (nSPS) is 12.2. The number of rotatable bonds is 5. The molecule has 0 unspecified atom stereocenters. The van der Waals surface area contributed by atoms with Crippen LogP contribution >= 0.6 is 29.1 Å². The molecular formula is C8H15Cl2P. The predicted octanol–water partition coefficient (Wildman–Crippen LogP) is 5.12. The van der Waals surface area contributed by atoms with E-state index in [0.717, 1.165) is 12.3 Å². The Kier molecular flexibility index (Phi) is 7.91. The molecule has 0 amide bonds. The van der Waals surface area contributed by atoms with E-state index in [0.29, 0.717) is 0 Å². The Morgan fingerprint density at radius 3 is 2.45 bits per heavy atom. The second kappa shape index (κ2) is 7.40. The first-order valence-corrected chi connectivity index (χ1v) is 7.12. The van der Waals surface area contributed by atoms with Gasteiger partial charge in [-0.2, -0.15) is 0 Å². The zero-order valence-electron chi connectivity index (χ0n) is 7.06. The monoisotopic (exact) mass is 212 g/mol. The highest BCUT2D eigenvalue weighted by molar-refractivity contribution is 8.06. The fraction of sp³-hybridized carbons (Fsp3) is 0.750. The lowest BCUT2D eigenvalue weighted by molar-refractivity contribution is 0.560. The first-order valence-electron chi connectivity index (χ1n) is 3.90. The fourth-order valence-electron chi connectivity index (χ4n) is 0.798. The Labute approximate surface area is 80.3 Å². The Bertz CT molecular complexity index is 111. The SMILES string of the molecule is CC(C)CCCC=CP(Cl)Cl. The van der Waals surface area contributed by atoms with Gasteiger partial charge in [0.05, 0.1) is 0 Å². The molecule has 0 N–H and O–H groups in total. The van der Waals surface area contributed by atoms with Crippen LogP contribution in [0.4, 0.5) is 0 Å². The lowest BCUT2D eigenvalue weighted by atomic mass is 10.1. The van der Waals surface area contributed by atoms with E-state index in [1.165, 1.54) is 12.8 Å². The molecule has 66 valence electrons. The van der Waals surface area contributed by atoms with Gasteiger partial charge in [0.15, 0.2) is 0 Å². The van der Waals surface area contributed by atoms with Crippen LogP contribution in [0.25, 0.3) is 0 Å². The van der Waals surface area contributed by atoms with Gasteiger partial charge in [0.1, 0.15) is 6.63 Å². The quantitative estimate of drug-likeness (QED) is 0.439. The van der Waals surface area contributed by atoms with Crippen LogP contribution in [0.1, 0.15) is 33.1 Å². The van der Waals surface area contributed by atoms with Crippen molar-refractivity contribution in [3.05, 3.63) is 11.9 Å². The van der Waals surface area contributed by atoms with Crippen molar-refractivity contribution >= 4 is 29.1 Å². The second-order valence-electron chi connectivity index (χ2n) is 2.97. The number of hydrogen-bond acceptors (Lipinski definition) is 0. The van der Waals surface area contributed by atoms with Crippen LogP contribution in [-0.2, 0) is 0 Å².